The lowest BCUT2D eigenvalue weighted by Crippen LogP contribution is -2.46. The lowest BCUT2D eigenvalue weighted by molar-refractivity contribution is -0.148. The summed E-state index contributed by atoms with van der Waals surface area (Å²) in [5, 5.41) is 3.56. The van der Waals surface area contributed by atoms with Gasteiger partial charge in [-0.3, -0.25) is 4.79 Å². The van der Waals surface area contributed by atoms with Crippen LogP contribution in [0, 0.1) is 0 Å². The number of nitrogens with one attached hydrogen (secondary N) is 1. The van der Waals surface area contributed by atoms with Crippen LogP contribution in [0.15, 0.2) is 42.5 Å². The molecule has 0 bridgehead atoms. The van der Waals surface area contributed by atoms with Crippen LogP contribution in [0.3, 0.4) is 0 Å². The Morgan fingerprint density at radius 2 is 2.10 bits per heavy atom. The van der Waals surface area contributed by atoms with Gasteiger partial charge in [0.15, 0.2) is 0 Å². The van der Waals surface area contributed by atoms with Gasteiger partial charge in [0, 0.05) is 13.0 Å². The molecule has 0 saturated heterocycles. The zero-order chi connectivity index (χ0) is 14.5. The van der Waals surface area contributed by atoms with Crippen molar-refractivity contribution >= 4 is 5.97 Å². The first-order valence-electron chi connectivity index (χ1n) is 7.24. The van der Waals surface area contributed by atoms with Gasteiger partial charge in [-0.1, -0.05) is 42.5 Å². The van der Waals surface area contributed by atoms with Crippen molar-refractivity contribution in [3.05, 3.63) is 48.0 Å². The highest BCUT2D eigenvalue weighted by Crippen LogP contribution is 2.27. The van der Waals surface area contributed by atoms with Gasteiger partial charge in [0.2, 0.25) is 0 Å². The second-order valence-corrected chi connectivity index (χ2v) is 5.48. The van der Waals surface area contributed by atoms with Crippen molar-refractivity contribution in [2.75, 3.05) is 0 Å². The molecule has 0 aliphatic heterocycles. The van der Waals surface area contributed by atoms with Crippen LogP contribution >= 0.6 is 0 Å². The fourth-order valence-electron chi connectivity index (χ4n) is 2.79. The Labute approximate surface area is 121 Å². The molecule has 1 saturated carbocycles. The van der Waals surface area contributed by atoms with Crippen molar-refractivity contribution in [2.45, 2.75) is 51.3 Å². The Kier molecular flexibility index (Phi) is 4.96. The van der Waals surface area contributed by atoms with Gasteiger partial charge in [0.1, 0.15) is 6.10 Å². The highest BCUT2D eigenvalue weighted by atomic mass is 16.5. The van der Waals surface area contributed by atoms with Crippen molar-refractivity contribution in [2.24, 2.45) is 0 Å². The second kappa shape index (κ2) is 6.71. The molecule has 20 heavy (non-hydrogen) atoms. The van der Waals surface area contributed by atoms with Gasteiger partial charge in [-0.05, 0) is 31.7 Å². The van der Waals surface area contributed by atoms with E-state index in [1.165, 1.54) is 12.5 Å². The second-order valence-electron chi connectivity index (χ2n) is 5.48. The summed E-state index contributed by atoms with van der Waals surface area (Å²) in [6.45, 7) is 7.74. The molecule has 1 aliphatic rings. The van der Waals surface area contributed by atoms with Crippen LogP contribution in [-0.4, -0.2) is 18.1 Å². The summed E-state index contributed by atoms with van der Waals surface area (Å²) in [6.07, 6.45) is 2.84. The summed E-state index contributed by atoms with van der Waals surface area (Å²) >= 11 is 0. The molecule has 0 unspecified atom stereocenters. The maximum atomic E-state index is 11.2. The summed E-state index contributed by atoms with van der Waals surface area (Å²) in [7, 11) is 0. The number of hydrogen-bond donors (Lipinski definition) is 1. The molecule has 1 aromatic carbocycles. The fourth-order valence-corrected chi connectivity index (χ4v) is 2.79. The Morgan fingerprint density at radius 3 is 2.75 bits per heavy atom. The summed E-state index contributed by atoms with van der Waals surface area (Å²) in [5.74, 6) is -0.219. The van der Waals surface area contributed by atoms with E-state index in [2.05, 4.69) is 31.0 Å². The molecular weight excluding hydrogens is 250 g/mol. The molecule has 2 rings (SSSR count). The minimum absolute atomic E-state index is 0.0443. The molecule has 3 nitrogen and oxygen atoms in total. The quantitative estimate of drug-likeness (QED) is 0.675. The molecule has 1 aromatic rings. The Morgan fingerprint density at radius 1 is 1.40 bits per heavy atom. The average molecular weight is 273 g/mol. The van der Waals surface area contributed by atoms with Gasteiger partial charge in [-0.2, -0.15) is 0 Å². The van der Waals surface area contributed by atoms with Crippen LogP contribution in [0.25, 0.3) is 0 Å². The monoisotopic (exact) mass is 273 g/mol. The molecule has 0 radical (unpaired) electrons. The van der Waals surface area contributed by atoms with E-state index in [9.17, 15) is 4.79 Å². The van der Waals surface area contributed by atoms with Crippen LogP contribution in [0.5, 0.6) is 0 Å². The number of esters is 1. The molecule has 1 fully saturated rings. The fraction of sp³-hybridized carbons (Fsp3) is 0.471. The van der Waals surface area contributed by atoms with Crippen molar-refractivity contribution in [3.63, 3.8) is 0 Å². The van der Waals surface area contributed by atoms with Gasteiger partial charge in [0.25, 0.3) is 0 Å². The summed E-state index contributed by atoms with van der Waals surface area (Å²) in [6, 6.07) is 10.5. The predicted octanol–water partition coefficient (Wildman–Crippen LogP) is 3.38. The van der Waals surface area contributed by atoms with Gasteiger partial charge in [-0.25, -0.2) is 0 Å². The van der Waals surface area contributed by atoms with Crippen LogP contribution in [0.1, 0.15) is 44.7 Å². The largest absolute Gasteiger partial charge is 0.461 e. The number of rotatable bonds is 4. The average Bonchev–Trinajstić information content (AvgIpc) is 2.43. The van der Waals surface area contributed by atoms with E-state index in [-0.39, 0.29) is 24.2 Å². The lowest BCUT2D eigenvalue weighted by atomic mass is 9.87. The molecular formula is C17H23NO2. The molecule has 0 heterocycles. The highest BCUT2D eigenvalue weighted by Gasteiger charge is 2.31. The SMILES string of the molecule is C=C1CCC[C@@H](OC(C)=O)[C@@H]1N[C@H](C)c1ccccc1. The van der Waals surface area contributed by atoms with Crippen LogP contribution in [-0.2, 0) is 9.53 Å². The zero-order valence-corrected chi connectivity index (χ0v) is 12.3. The number of benzene rings is 1. The van der Waals surface area contributed by atoms with E-state index in [1.807, 2.05) is 18.2 Å². The molecule has 3 heteroatoms. The lowest BCUT2D eigenvalue weighted by Gasteiger charge is -2.35. The van der Waals surface area contributed by atoms with Crippen molar-refractivity contribution in [1.29, 1.82) is 0 Å². The van der Waals surface area contributed by atoms with Crippen LogP contribution in [0.4, 0.5) is 0 Å². The summed E-state index contributed by atoms with van der Waals surface area (Å²) in [5.41, 5.74) is 2.36. The van der Waals surface area contributed by atoms with Crippen molar-refractivity contribution in [1.82, 2.24) is 5.32 Å². The first kappa shape index (κ1) is 14.8. The third-order valence-corrected chi connectivity index (χ3v) is 3.84. The minimum Gasteiger partial charge on any atom is -0.461 e. The highest BCUT2D eigenvalue weighted by molar-refractivity contribution is 5.66. The van der Waals surface area contributed by atoms with E-state index < -0.39 is 0 Å². The van der Waals surface area contributed by atoms with E-state index in [0.717, 1.165) is 24.8 Å². The minimum atomic E-state index is -0.219. The van der Waals surface area contributed by atoms with Gasteiger partial charge in [0.05, 0.1) is 6.04 Å². The Hall–Kier alpha value is -1.61. The predicted molar refractivity (Wildman–Crippen MR) is 80.3 cm³/mol. The Balaban J connectivity index is 2.07. The van der Waals surface area contributed by atoms with Gasteiger partial charge in [-0.15, -0.1) is 0 Å². The molecule has 3 atom stereocenters. The van der Waals surface area contributed by atoms with Crippen molar-refractivity contribution < 1.29 is 9.53 Å². The summed E-state index contributed by atoms with van der Waals surface area (Å²) < 4.78 is 5.45. The van der Waals surface area contributed by atoms with Crippen molar-refractivity contribution in [3.8, 4) is 0 Å². The molecule has 1 N–H and O–H groups in total. The first-order chi connectivity index (χ1) is 9.58. The summed E-state index contributed by atoms with van der Waals surface area (Å²) in [4.78, 5) is 11.2. The van der Waals surface area contributed by atoms with E-state index in [0.29, 0.717) is 0 Å². The first-order valence-corrected chi connectivity index (χ1v) is 7.24. The molecule has 0 spiro atoms. The zero-order valence-electron chi connectivity index (χ0n) is 12.3. The molecule has 1 aliphatic carbocycles. The van der Waals surface area contributed by atoms with E-state index in [1.54, 1.807) is 0 Å². The smallest absolute Gasteiger partial charge is 0.302 e. The number of hydrogen-bond acceptors (Lipinski definition) is 3. The van der Waals surface area contributed by atoms with E-state index >= 15 is 0 Å². The third-order valence-electron chi connectivity index (χ3n) is 3.84. The maximum absolute atomic E-state index is 11.2. The van der Waals surface area contributed by atoms with Crippen LogP contribution < -0.4 is 5.32 Å². The molecule has 108 valence electrons. The van der Waals surface area contributed by atoms with E-state index in [4.69, 9.17) is 4.74 Å². The molecule has 0 amide bonds. The third kappa shape index (κ3) is 3.70. The van der Waals surface area contributed by atoms with Gasteiger partial charge < -0.3 is 10.1 Å². The topological polar surface area (TPSA) is 38.3 Å². The van der Waals surface area contributed by atoms with Crippen LogP contribution in [0.2, 0.25) is 0 Å². The van der Waals surface area contributed by atoms with Gasteiger partial charge >= 0.3 is 5.97 Å². The normalized spacial score (nSPS) is 24.2. The molecule has 0 aromatic heterocycles. The standard InChI is InChI=1S/C17H23NO2/c1-12-8-7-11-16(20-14(3)19)17(12)18-13(2)15-9-5-4-6-10-15/h4-6,9-10,13,16-18H,1,7-8,11H2,2-3H3/t13-,16-,17-/m1/s1. The Bertz CT molecular complexity index is 469. The number of ether oxygens (including phenoxy) is 1. The number of carbonyl (C=O) groups excluding carboxylic acids is 1. The maximum Gasteiger partial charge on any atom is 0.302 e. The number of carbonyl (C=O) groups is 1.